The van der Waals surface area contributed by atoms with Crippen molar-refractivity contribution in [2.75, 3.05) is 24.6 Å². The summed E-state index contributed by atoms with van der Waals surface area (Å²) >= 11 is 9.53. The number of nitrogens with zero attached hydrogens (tertiary/aromatic N) is 2. The lowest BCUT2D eigenvalue weighted by atomic mass is 10.4. The predicted molar refractivity (Wildman–Crippen MR) is 68.9 cm³/mol. The molecule has 15 heavy (non-hydrogen) atoms. The van der Waals surface area contributed by atoms with E-state index in [4.69, 9.17) is 11.6 Å². The number of thiazole rings is 1. The maximum atomic E-state index is 5.74. The molecule has 0 atom stereocenters. The van der Waals surface area contributed by atoms with Crippen LogP contribution in [0.4, 0.5) is 0 Å². The second-order valence-corrected chi connectivity index (χ2v) is 6.04. The van der Waals surface area contributed by atoms with Crippen LogP contribution in [0.1, 0.15) is 17.1 Å². The van der Waals surface area contributed by atoms with Gasteiger partial charge in [0.2, 0.25) is 0 Å². The third-order valence-electron chi connectivity index (χ3n) is 2.41. The van der Waals surface area contributed by atoms with Gasteiger partial charge in [-0.05, 0) is 18.7 Å². The third-order valence-corrected chi connectivity index (χ3v) is 4.61. The molecule has 1 fully saturated rings. The summed E-state index contributed by atoms with van der Waals surface area (Å²) in [6, 6.07) is 0. The van der Waals surface area contributed by atoms with Crippen molar-refractivity contribution in [1.82, 2.24) is 9.88 Å². The molecule has 0 spiro atoms. The van der Waals surface area contributed by atoms with Gasteiger partial charge in [0.15, 0.2) is 0 Å². The van der Waals surface area contributed by atoms with Gasteiger partial charge in [0.05, 0.1) is 18.1 Å². The van der Waals surface area contributed by atoms with Gasteiger partial charge in [-0.25, -0.2) is 4.98 Å². The van der Waals surface area contributed by atoms with Crippen LogP contribution in [0, 0.1) is 0 Å². The monoisotopic (exact) mass is 262 g/mol. The Hall–Kier alpha value is 0.230. The number of alkyl halides is 1. The Morgan fingerprint density at radius 3 is 3.13 bits per heavy atom. The minimum atomic E-state index is 0.534. The van der Waals surface area contributed by atoms with E-state index in [0.29, 0.717) is 5.88 Å². The van der Waals surface area contributed by atoms with Crippen LogP contribution in [0.5, 0.6) is 0 Å². The van der Waals surface area contributed by atoms with Gasteiger partial charge >= 0.3 is 0 Å². The van der Waals surface area contributed by atoms with Gasteiger partial charge < -0.3 is 0 Å². The normalized spacial score (nSPS) is 19.0. The molecule has 84 valence electrons. The molecule has 0 amide bonds. The standard InChI is InChI=1S/C10H15ClN2S2/c11-6-9-8-15-10(12-9)7-13-2-1-4-14-5-3-13/h8H,1-7H2. The van der Waals surface area contributed by atoms with E-state index in [-0.39, 0.29) is 0 Å². The molecule has 2 rings (SSSR count). The molecule has 2 heterocycles. The highest BCUT2D eigenvalue weighted by Gasteiger charge is 2.11. The summed E-state index contributed by atoms with van der Waals surface area (Å²) in [4.78, 5) is 6.99. The van der Waals surface area contributed by atoms with E-state index in [0.717, 1.165) is 12.2 Å². The second-order valence-electron chi connectivity index (χ2n) is 3.61. The van der Waals surface area contributed by atoms with E-state index in [1.807, 2.05) is 0 Å². The van der Waals surface area contributed by atoms with Crippen molar-refractivity contribution in [3.63, 3.8) is 0 Å². The average Bonchev–Trinajstić information content (AvgIpc) is 2.54. The molecule has 1 aliphatic heterocycles. The fourth-order valence-electron chi connectivity index (χ4n) is 1.63. The largest absolute Gasteiger partial charge is 0.296 e. The predicted octanol–water partition coefficient (Wildman–Crippen LogP) is 2.82. The van der Waals surface area contributed by atoms with Crippen molar-refractivity contribution in [1.29, 1.82) is 0 Å². The number of halogens is 1. The topological polar surface area (TPSA) is 16.1 Å². The first kappa shape index (κ1) is 11.7. The van der Waals surface area contributed by atoms with Crippen LogP contribution in [0.3, 0.4) is 0 Å². The molecular weight excluding hydrogens is 248 g/mol. The Morgan fingerprint density at radius 2 is 2.33 bits per heavy atom. The zero-order valence-corrected chi connectivity index (χ0v) is 11.0. The number of hydrogen-bond donors (Lipinski definition) is 0. The Kier molecular flexibility index (Phi) is 4.75. The van der Waals surface area contributed by atoms with E-state index in [1.54, 1.807) is 11.3 Å². The quantitative estimate of drug-likeness (QED) is 0.780. The highest BCUT2D eigenvalue weighted by molar-refractivity contribution is 7.99. The average molecular weight is 263 g/mol. The van der Waals surface area contributed by atoms with Crippen LogP contribution in [0.2, 0.25) is 0 Å². The zero-order valence-electron chi connectivity index (χ0n) is 8.62. The summed E-state index contributed by atoms with van der Waals surface area (Å²) in [5, 5.41) is 3.27. The van der Waals surface area contributed by atoms with Crippen molar-refractivity contribution in [3.05, 3.63) is 16.1 Å². The van der Waals surface area contributed by atoms with Crippen molar-refractivity contribution in [3.8, 4) is 0 Å². The summed E-state index contributed by atoms with van der Waals surface area (Å²) in [6.45, 7) is 3.41. The van der Waals surface area contributed by atoms with Crippen molar-refractivity contribution < 1.29 is 0 Å². The Morgan fingerprint density at radius 1 is 1.40 bits per heavy atom. The van der Waals surface area contributed by atoms with Gasteiger partial charge in [-0.15, -0.1) is 22.9 Å². The summed E-state index contributed by atoms with van der Waals surface area (Å²) in [5.41, 5.74) is 1.01. The molecular formula is C10H15ClN2S2. The van der Waals surface area contributed by atoms with Crippen LogP contribution < -0.4 is 0 Å². The molecule has 0 radical (unpaired) electrons. The fraction of sp³-hybridized carbons (Fsp3) is 0.700. The maximum absolute atomic E-state index is 5.74. The number of hydrogen-bond acceptors (Lipinski definition) is 4. The number of rotatable bonds is 3. The van der Waals surface area contributed by atoms with Gasteiger partial charge in [0, 0.05) is 17.7 Å². The van der Waals surface area contributed by atoms with Gasteiger partial charge in [0.1, 0.15) is 5.01 Å². The molecule has 0 N–H and O–H groups in total. The van der Waals surface area contributed by atoms with E-state index in [9.17, 15) is 0 Å². The number of thioether (sulfide) groups is 1. The molecule has 0 unspecified atom stereocenters. The molecule has 0 aromatic carbocycles. The first-order chi connectivity index (χ1) is 7.38. The van der Waals surface area contributed by atoms with Crippen LogP contribution in [-0.2, 0) is 12.4 Å². The van der Waals surface area contributed by atoms with Crippen molar-refractivity contribution >= 4 is 34.7 Å². The highest BCUT2D eigenvalue weighted by atomic mass is 35.5. The SMILES string of the molecule is ClCc1csc(CN2CCCSCC2)n1. The molecule has 1 aromatic heterocycles. The smallest absolute Gasteiger partial charge is 0.107 e. The van der Waals surface area contributed by atoms with Crippen molar-refractivity contribution in [2.24, 2.45) is 0 Å². The Labute approximate surface area is 104 Å². The molecule has 2 nitrogen and oxygen atoms in total. The lowest BCUT2D eigenvalue weighted by Gasteiger charge is -2.17. The molecule has 1 aromatic rings. The first-order valence-corrected chi connectivity index (χ1v) is 7.74. The van der Waals surface area contributed by atoms with Gasteiger partial charge in [0.25, 0.3) is 0 Å². The molecule has 5 heteroatoms. The number of aromatic nitrogens is 1. The van der Waals surface area contributed by atoms with Crippen LogP contribution in [-0.4, -0.2) is 34.5 Å². The fourth-order valence-corrected chi connectivity index (χ4v) is 3.62. The highest BCUT2D eigenvalue weighted by Crippen LogP contribution is 2.16. The van der Waals surface area contributed by atoms with Gasteiger partial charge in [-0.3, -0.25) is 4.90 Å². The molecule has 1 aliphatic rings. The van der Waals surface area contributed by atoms with E-state index < -0.39 is 0 Å². The molecule has 0 saturated carbocycles. The summed E-state index contributed by atoms with van der Waals surface area (Å²) in [6.07, 6.45) is 1.30. The molecule has 0 aliphatic carbocycles. The van der Waals surface area contributed by atoms with Crippen LogP contribution >= 0.6 is 34.7 Å². The van der Waals surface area contributed by atoms with Crippen molar-refractivity contribution in [2.45, 2.75) is 18.8 Å². The minimum absolute atomic E-state index is 0.534. The molecule has 1 saturated heterocycles. The van der Waals surface area contributed by atoms with Gasteiger partial charge in [-0.1, -0.05) is 0 Å². The van der Waals surface area contributed by atoms with E-state index in [1.165, 1.54) is 36.0 Å². The maximum Gasteiger partial charge on any atom is 0.107 e. The first-order valence-electron chi connectivity index (χ1n) is 5.18. The summed E-state index contributed by atoms with van der Waals surface area (Å²) < 4.78 is 0. The van der Waals surface area contributed by atoms with Gasteiger partial charge in [-0.2, -0.15) is 11.8 Å². The Balaban J connectivity index is 1.89. The minimum Gasteiger partial charge on any atom is -0.296 e. The Bertz CT molecular complexity index is 295. The lowest BCUT2D eigenvalue weighted by molar-refractivity contribution is 0.287. The van der Waals surface area contributed by atoms with Crippen LogP contribution in [0.15, 0.2) is 5.38 Å². The molecule has 0 bridgehead atoms. The van der Waals surface area contributed by atoms with Crippen LogP contribution in [0.25, 0.3) is 0 Å². The van der Waals surface area contributed by atoms with E-state index in [2.05, 4.69) is 27.0 Å². The summed E-state index contributed by atoms with van der Waals surface area (Å²) in [5.74, 6) is 3.10. The lowest BCUT2D eigenvalue weighted by Crippen LogP contribution is -2.25. The third kappa shape index (κ3) is 3.63. The zero-order chi connectivity index (χ0) is 10.5. The van der Waals surface area contributed by atoms with E-state index >= 15 is 0 Å². The summed E-state index contributed by atoms with van der Waals surface area (Å²) in [7, 11) is 0. The second kappa shape index (κ2) is 6.09.